The van der Waals surface area contributed by atoms with Gasteiger partial charge in [-0.1, -0.05) is 24.6 Å². The molecule has 1 aromatic rings. The number of piperidine rings is 1. The number of Topliss-reactive ketones (excluding diaryl/α,β-unsaturated/α-hetero) is 1. The highest BCUT2D eigenvalue weighted by Crippen LogP contribution is 2.70. The number of carbonyl (C=O) groups excluding carboxylic acids is 4. The predicted molar refractivity (Wildman–Crippen MR) is 110 cm³/mol. The summed E-state index contributed by atoms with van der Waals surface area (Å²) in [7, 11) is 0. The number of rotatable bonds is 2. The largest absolute Gasteiger partial charge is 0.337 e. The molecule has 5 aliphatic rings. The minimum absolute atomic E-state index is 0.0503. The van der Waals surface area contributed by atoms with Gasteiger partial charge in [-0.25, -0.2) is 4.39 Å². The van der Waals surface area contributed by atoms with Crippen molar-refractivity contribution in [2.75, 3.05) is 6.54 Å². The molecule has 6 rings (SSSR count). The highest BCUT2D eigenvalue weighted by atomic mass is 35.5. The monoisotopic (exact) mass is 457 g/mol. The Morgan fingerprint density at radius 3 is 2.69 bits per heavy atom. The van der Waals surface area contributed by atoms with Gasteiger partial charge < -0.3 is 10.2 Å². The Bertz CT molecular complexity index is 1180. The first-order chi connectivity index (χ1) is 15.2. The molecule has 2 saturated heterocycles. The maximum Gasteiger partial charge on any atom is 0.297 e. The molecule has 4 fully saturated rings. The Kier molecular flexibility index (Phi) is 3.85. The Morgan fingerprint density at radius 1 is 1.25 bits per heavy atom. The zero-order valence-corrected chi connectivity index (χ0v) is 18.2. The quantitative estimate of drug-likeness (QED) is 0.544. The van der Waals surface area contributed by atoms with Crippen molar-refractivity contribution in [2.45, 2.75) is 44.8 Å². The number of fused-ring (bicyclic) bond motifs is 5. The van der Waals surface area contributed by atoms with E-state index >= 15 is 0 Å². The fourth-order valence-corrected chi connectivity index (χ4v) is 6.60. The molecular weight excluding hydrogens is 437 g/mol. The molecule has 3 aliphatic heterocycles. The van der Waals surface area contributed by atoms with Gasteiger partial charge in [0.15, 0.2) is 0 Å². The van der Waals surface area contributed by atoms with Crippen LogP contribution in [-0.4, -0.2) is 45.5 Å². The van der Waals surface area contributed by atoms with Gasteiger partial charge in [-0.3, -0.25) is 24.1 Å². The van der Waals surface area contributed by atoms with E-state index in [1.807, 2.05) is 0 Å². The maximum absolute atomic E-state index is 13.5. The lowest BCUT2D eigenvalue weighted by Crippen LogP contribution is -2.62. The second kappa shape index (κ2) is 6.19. The number of nitrogens with zero attached hydrogens (tertiary/aromatic N) is 2. The minimum Gasteiger partial charge on any atom is -0.337 e. The zero-order chi connectivity index (χ0) is 22.6. The summed E-state index contributed by atoms with van der Waals surface area (Å²) in [6, 6.07) is 4.19. The van der Waals surface area contributed by atoms with Crippen molar-refractivity contribution in [1.29, 1.82) is 0 Å². The second-order valence-corrected chi connectivity index (χ2v) is 10.1. The fourth-order valence-electron chi connectivity index (χ4n) is 6.40. The van der Waals surface area contributed by atoms with Crippen LogP contribution in [0, 0.1) is 23.1 Å². The van der Waals surface area contributed by atoms with E-state index in [9.17, 15) is 23.6 Å². The van der Waals surface area contributed by atoms with Crippen LogP contribution >= 0.6 is 11.6 Å². The van der Waals surface area contributed by atoms with Crippen LogP contribution in [0.25, 0.3) is 0 Å². The van der Waals surface area contributed by atoms with E-state index < -0.39 is 35.0 Å². The topological polar surface area (TPSA) is 86.8 Å². The van der Waals surface area contributed by atoms with Crippen molar-refractivity contribution < 1.29 is 23.6 Å². The molecule has 1 aromatic carbocycles. The summed E-state index contributed by atoms with van der Waals surface area (Å²) in [6.07, 6.45) is 2.74. The molecule has 3 amide bonds. The Balaban J connectivity index is 1.36. The van der Waals surface area contributed by atoms with Crippen molar-refractivity contribution in [3.63, 3.8) is 0 Å². The number of ketones is 1. The van der Waals surface area contributed by atoms with Crippen molar-refractivity contribution in [1.82, 2.24) is 15.1 Å². The third kappa shape index (κ3) is 2.31. The van der Waals surface area contributed by atoms with Crippen LogP contribution in [0.15, 0.2) is 29.5 Å². The number of amides is 3. The molecule has 4 atom stereocenters. The smallest absolute Gasteiger partial charge is 0.297 e. The maximum atomic E-state index is 13.5. The Hall–Kier alpha value is -2.74. The summed E-state index contributed by atoms with van der Waals surface area (Å²) >= 11 is 5.85. The van der Waals surface area contributed by atoms with E-state index in [-0.39, 0.29) is 28.6 Å². The molecule has 32 heavy (non-hydrogen) atoms. The van der Waals surface area contributed by atoms with Gasteiger partial charge >= 0.3 is 0 Å². The first kappa shape index (κ1) is 19.9. The summed E-state index contributed by atoms with van der Waals surface area (Å²) in [5, 5.41) is 3.00. The summed E-state index contributed by atoms with van der Waals surface area (Å²) in [4.78, 5) is 55.7. The molecule has 0 radical (unpaired) electrons. The van der Waals surface area contributed by atoms with Crippen molar-refractivity contribution in [3.8, 4) is 0 Å². The third-order valence-electron chi connectivity index (χ3n) is 8.25. The molecule has 2 unspecified atom stereocenters. The van der Waals surface area contributed by atoms with Crippen molar-refractivity contribution >= 4 is 35.1 Å². The molecule has 1 N–H and O–H groups in total. The van der Waals surface area contributed by atoms with E-state index in [2.05, 4.69) is 12.2 Å². The van der Waals surface area contributed by atoms with Gasteiger partial charge in [0.1, 0.15) is 23.1 Å². The number of hydrogen-bond acceptors (Lipinski definition) is 4. The van der Waals surface area contributed by atoms with Crippen LogP contribution in [0.1, 0.15) is 38.2 Å². The van der Waals surface area contributed by atoms with Crippen LogP contribution < -0.4 is 5.32 Å². The average Bonchev–Trinajstić information content (AvgIpc) is 3.23. The Morgan fingerprint density at radius 2 is 2.03 bits per heavy atom. The van der Waals surface area contributed by atoms with E-state index in [4.69, 9.17) is 11.6 Å². The second-order valence-electron chi connectivity index (χ2n) is 9.74. The summed E-state index contributed by atoms with van der Waals surface area (Å²) in [5.41, 5.74) is 0.162. The molecule has 9 heteroatoms. The molecule has 3 heterocycles. The molecule has 0 bridgehead atoms. The Labute approximate surface area is 188 Å². The number of hydrogen-bond donors (Lipinski definition) is 1. The van der Waals surface area contributed by atoms with Crippen LogP contribution in [0.5, 0.6) is 0 Å². The van der Waals surface area contributed by atoms with Gasteiger partial charge in [-0.2, -0.15) is 0 Å². The van der Waals surface area contributed by atoms with Gasteiger partial charge in [-0.15, -0.1) is 0 Å². The van der Waals surface area contributed by atoms with Crippen LogP contribution in [-0.2, 0) is 25.7 Å². The van der Waals surface area contributed by atoms with Crippen LogP contribution in [0.4, 0.5) is 4.39 Å². The molecule has 0 aromatic heterocycles. The van der Waals surface area contributed by atoms with Gasteiger partial charge in [0.25, 0.3) is 11.8 Å². The number of carbonyl (C=O) groups is 4. The summed E-state index contributed by atoms with van der Waals surface area (Å²) in [5.74, 6) is -3.83. The lowest BCUT2D eigenvalue weighted by molar-refractivity contribution is -0.156. The SMILES string of the molecule is C[C@@]12C[C@H]1CCC21NC(=O)C2=C3CCN(Cc4ccc(F)c(Cl)c4)C(=O)C3C(=O)C(=O)N21. The van der Waals surface area contributed by atoms with E-state index in [0.29, 0.717) is 36.4 Å². The molecule has 2 aliphatic carbocycles. The van der Waals surface area contributed by atoms with Crippen molar-refractivity contribution in [3.05, 3.63) is 45.9 Å². The summed E-state index contributed by atoms with van der Waals surface area (Å²) in [6.45, 7) is 2.49. The lowest BCUT2D eigenvalue weighted by atomic mass is 9.80. The van der Waals surface area contributed by atoms with Crippen LogP contribution in [0.3, 0.4) is 0 Å². The highest BCUT2D eigenvalue weighted by Gasteiger charge is 2.75. The van der Waals surface area contributed by atoms with Crippen LogP contribution in [0.2, 0.25) is 5.02 Å². The standard InChI is InChI=1S/C23H21ClFN3O4/c1-22-9-12(22)4-6-23(22)26-19(30)17-13-5-7-27(10-11-2-3-15(25)14(24)8-11)20(31)16(13)18(29)21(32)28(17)23/h2-3,8,12,16H,4-7,9-10H2,1H3,(H,26,30)/t12-,16?,22-,23?/m1/s1. The van der Waals surface area contributed by atoms with E-state index in [1.165, 1.54) is 28.0 Å². The highest BCUT2D eigenvalue weighted by molar-refractivity contribution is 6.44. The predicted octanol–water partition coefficient (Wildman–Crippen LogP) is 2.14. The number of halogens is 2. The van der Waals surface area contributed by atoms with E-state index in [0.717, 1.165) is 12.8 Å². The van der Waals surface area contributed by atoms with Gasteiger partial charge in [-0.05, 0) is 54.9 Å². The normalized spacial score (nSPS) is 35.3. The van der Waals surface area contributed by atoms with Gasteiger partial charge in [0.05, 0.1) is 5.02 Å². The lowest BCUT2D eigenvalue weighted by Gasteiger charge is -2.44. The van der Waals surface area contributed by atoms with E-state index in [1.54, 1.807) is 0 Å². The number of benzene rings is 1. The molecular formula is C23H21ClFN3O4. The fraction of sp³-hybridized carbons (Fsp3) is 0.478. The first-order valence-electron chi connectivity index (χ1n) is 10.8. The molecule has 2 saturated carbocycles. The average molecular weight is 458 g/mol. The van der Waals surface area contributed by atoms with Gasteiger partial charge in [0.2, 0.25) is 11.7 Å². The molecule has 166 valence electrons. The molecule has 7 nitrogen and oxygen atoms in total. The zero-order valence-electron chi connectivity index (χ0n) is 17.4. The minimum atomic E-state index is -1.27. The van der Waals surface area contributed by atoms with Crippen molar-refractivity contribution in [2.24, 2.45) is 17.3 Å². The first-order valence-corrected chi connectivity index (χ1v) is 11.2. The van der Waals surface area contributed by atoms with Gasteiger partial charge in [0, 0.05) is 18.5 Å². The summed E-state index contributed by atoms with van der Waals surface area (Å²) < 4.78 is 13.5. The number of nitrogens with one attached hydrogen (secondary N) is 1. The molecule has 1 spiro atoms. The third-order valence-corrected chi connectivity index (χ3v) is 8.54. The number of likely N-dealkylation sites (tertiary alicyclic amines) is 1.